The van der Waals surface area contributed by atoms with Gasteiger partial charge in [-0.3, -0.25) is 4.79 Å². The maximum absolute atomic E-state index is 14.7. The number of carboxylic acid groups (broad SMARTS) is 1. The fourth-order valence-corrected chi connectivity index (χ4v) is 3.29. The van der Waals surface area contributed by atoms with Crippen LogP contribution in [0.15, 0.2) is 47.1 Å². The van der Waals surface area contributed by atoms with Gasteiger partial charge in [0.1, 0.15) is 23.1 Å². The number of anilines is 1. The predicted octanol–water partition coefficient (Wildman–Crippen LogP) is 2.93. The zero-order chi connectivity index (χ0) is 22.7. The van der Waals surface area contributed by atoms with Crippen molar-refractivity contribution < 1.29 is 28.6 Å². The zero-order valence-electron chi connectivity index (χ0n) is 15.6. The Labute approximate surface area is 182 Å². The summed E-state index contributed by atoms with van der Waals surface area (Å²) in [7, 11) is 0. The molecule has 160 valence electrons. The molecule has 31 heavy (non-hydrogen) atoms. The van der Waals surface area contributed by atoms with E-state index < -0.39 is 36.2 Å². The van der Waals surface area contributed by atoms with Crippen LogP contribution in [0.25, 0.3) is 11.3 Å². The van der Waals surface area contributed by atoms with Crippen molar-refractivity contribution in [3.63, 3.8) is 0 Å². The predicted molar refractivity (Wildman–Crippen MR) is 110 cm³/mol. The second-order valence-corrected chi connectivity index (χ2v) is 7.32. The minimum Gasteiger partial charge on any atom is -0.476 e. The van der Waals surface area contributed by atoms with Gasteiger partial charge >= 0.3 is 5.97 Å². The first kappa shape index (κ1) is 22.2. The summed E-state index contributed by atoms with van der Waals surface area (Å²) in [6.45, 7) is -0.546. The second-order valence-electron chi connectivity index (χ2n) is 6.40. The third-order valence-electron chi connectivity index (χ3n) is 4.28. The summed E-state index contributed by atoms with van der Waals surface area (Å²) in [5.41, 5.74) is 5.34. The molecule has 0 saturated heterocycles. The first-order chi connectivity index (χ1) is 14.7. The lowest BCUT2D eigenvalue weighted by atomic mass is 10.0. The standard InChI is InChI=1S/C20H15BrF2N4O4/c21-11-3-10(4-12(22)6-11)16(8-28)27-19(29)13-2-1-9(5-14(13)23)17-18(24)25-7-15(26-17)20(30)31/h1-7,16,28H,8H2,(H2,24,25)(H,27,29)(H,30,31)/t16-/m1/s1. The summed E-state index contributed by atoms with van der Waals surface area (Å²) in [5.74, 6) is -3.80. The maximum Gasteiger partial charge on any atom is 0.356 e. The zero-order valence-corrected chi connectivity index (χ0v) is 17.2. The molecule has 0 aliphatic heterocycles. The molecular formula is C20H15BrF2N4O4. The van der Waals surface area contributed by atoms with Crippen molar-refractivity contribution in [1.29, 1.82) is 0 Å². The Bertz CT molecular complexity index is 1160. The highest BCUT2D eigenvalue weighted by atomic mass is 79.9. The van der Waals surface area contributed by atoms with Gasteiger partial charge in [0.25, 0.3) is 5.91 Å². The molecule has 1 amide bonds. The van der Waals surface area contributed by atoms with E-state index in [9.17, 15) is 23.5 Å². The van der Waals surface area contributed by atoms with Gasteiger partial charge in [-0.25, -0.2) is 23.5 Å². The van der Waals surface area contributed by atoms with E-state index in [0.717, 1.165) is 24.4 Å². The van der Waals surface area contributed by atoms with Gasteiger partial charge in [0.05, 0.1) is 24.4 Å². The summed E-state index contributed by atoms with van der Waals surface area (Å²) < 4.78 is 28.7. The molecule has 0 bridgehead atoms. The number of rotatable bonds is 6. The molecule has 0 unspecified atom stereocenters. The van der Waals surface area contributed by atoms with Crippen molar-refractivity contribution in [2.45, 2.75) is 6.04 Å². The smallest absolute Gasteiger partial charge is 0.356 e. The van der Waals surface area contributed by atoms with E-state index in [1.54, 1.807) is 0 Å². The Kier molecular flexibility index (Phi) is 6.56. The molecule has 0 radical (unpaired) electrons. The SMILES string of the molecule is Nc1ncc(C(=O)O)nc1-c1ccc(C(=O)N[C@H](CO)c2cc(F)cc(Br)c2)c(F)c1. The Morgan fingerprint density at radius 1 is 1.19 bits per heavy atom. The molecule has 5 N–H and O–H groups in total. The summed E-state index contributed by atoms with van der Waals surface area (Å²) in [5, 5.41) is 21.1. The lowest BCUT2D eigenvalue weighted by molar-refractivity contribution is 0.0690. The number of carboxylic acids is 1. The third kappa shape index (κ3) is 5.01. The first-order valence-corrected chi connectivity index (χ1v) is 9.52. The van der Waals surface area contributed by atoms with Crippen molar-refractivity contribution in [2.24, 2.45) is 0 Å². The number of aromatic nitrogens is 2. The monoisotopic (exact) mass is 492 g/mol. The number of hydrogen-bond donors (Lipinski definition) is 4. The molecule has 0 spiro atoms. The number of amides is 1. The topological polar surface area (TPSA) is 138 Å². The number of nitrogens with zero attached hydrogens (tertiary/aromatic N) is 2. The van der Waals surface area contributed by atoms with E-state index >= 15 is 0 Å². The normalized spacial score (nSPS) is 11.7. The van der Waals surface area contributed by atoms with Crippen LogP contribution in [0.4, 0.5) is 14.6 Å². The highest BCUT2D eigenvalue weighted by molar-refractivity contribution is 9.10. The maximum atomic E-state index is 14.7. The lowest BCUT2D eigenvalue weighted by Gasteiger charge is -2.18. The average molecular weight is 493 g/mol. The molecule has 2 aromatic carbocycles. The number of halogens is 3. The van der Waals surface area contributed by atoms with Crippen molar-refractivity contribution >= 4 is 33.6 Å². The largest absolute Gasteiger partial charge is 0.476 e. The van der Waals surface area contributed by atoms with Crippen molar-refractivity contribution in [1.82, 2.24) is 15.3 Å². The number of hydrogen-bond acceptors (Lipinski definition) is 6. The van der Waals surface area contributed by atoms with Gasteiger partial charge in [-0.05, 0) is 35.9 Å². The molecule has 0 fully saturated rings. The number of benzene rings is 2. The fourth-order valence-electron chi connectivity index (χ4n) is 2.81. The van der Waals surface area contributed by atoms with Crippen LogP contribution in [0, 0.1) is 11.6 Å². The number of carbonyl (C=O) groups excluding carboxylic acids is 1. The molecule has 0 aliphatic rings. The Balaban J connectivity index is 1.88. The van der Waals surface area contributed by atoms with Crippen LogP contribution in [0.5, 0.6) is 0 Å². The quantitative estimate of drug-likeness (QED) is 0.414. The van der Waals surface area contributed by atoms with E-state index in [1.807, 2.05) is 0 Å². The van der Waals surface area contributed by atoms with Crippen LogP contribution < -0.4 is 11.1 Å². The van der Waals surface area contributed by atoms with Gasteiger partial charge in [-0.2, -0.15) is 0 Å². The van der Waals surface area contributed by atoms with Crippen molar-refractivity contribution in [3.8, 4) is 11.3 Å². The first-order valence-electron chi connectivity index (χ1n) is 8.73. The van der Waals surface area contributed by atoms with Crippen LogP contribution in [-0.4, -0.2) is 38.7 Å². The lowest BCUT2D eigenvalue weighted by Crippen LogP contribution is -2.31. The van der Waals surface area contributed by atoms with Gasteiger partial charge in [0.2, 0.25) is 0 Å². The van der Waals surface area contributed by atoms with Gasteiger partial charge in [-0.15, -0.1) is 0 Å². The highest BCUT2D eigenvalue weighted by Crippen LogP contribution is 2.25. The minimum absolute atomic E-state index is 0.0522. The van der Waals surface area contributed by atoms with Gasteiger partial charge in [0, 0.05) is 10.0 Å². The number of aliphatic hydroxyl groups excluding tert-OH is 1. The van der Waals surface area contributed by atoms with Gasteiger partial charge in [-0.1, -0.05) is 22.0 Å². The van der Waals surface area contributed by atoms with E-state index in [1.165, 1.54) is 18.2 Å². The fraction of sp³-hybridized carbons (Fsp3) is 0.100. The number of aromatic carboxylic acids is 1. The van der Waals surface area contributed by atoms with E-state index in [-0.39, 0.29) is 33.9 Å². The minimum atomic E-state index is -1.33. The number of nitrogen functional groups attached to an aromatic ring is 1. The summed E-state index contributed by atoms with van der Waals surface area (Å²) >= 11 is 3.13. The Morgan fingerprint density at radius 2 is 1.94 bits per heavy atom. The Hall–Kier alpha value is -3.44. The molecule has 1 heterocycles. The van der Waals surface area contributed by atoms with E-state index in [2.05, 4.69) is 31.2 Å². The Morgan fingerprint density at radius 3 is 2.55 bits per heavy atom. The number of nitrogens with one attached hydrogen (secondary N) is 1. The molecule has 1 atom stereocenters. The third-order valence-corrected chi connectivity index (χ3v) is 4.74. The number of carbonyl (C=O) groups is 2. The van der Waals surface area contributed by atoms with Crippen LogP contribution in [-0.2, 0) is 0 Å². The average Bonchev–Trinajstić information content (AvgIpc) is 2.71. The van der Waals surface area contributed by atoms with Crippen LogP contribution in [0.3, 0.4) is 0 Å². The second kappa shape index (κ2) is 9.14. The van der Waals surface area contributed by atoms with Crippen molar-refractivity contribution in [2.75, 3.05) is 12.3 Å². The number of nitrogens with two attached hydrogens (primary N) is 1. The molecule has 8 nitrogen and oxygen atoms in total. The highest BCUT2D eigenvalue weighted by Gasteiger charge is 2.20. The van der Waals surface area contributed by atoms with Gasteiger partial charge < -0.3 is 21.3 Å². The van der Waals surface area contributed by atoms with Crippen molar-refractivity contribution in [3.05, 3.63) is 75.5 Å². The van der Waals surface area contributed by atoms with Crippen LogP contribution >= 0.6 is 15.9 Å². The van der Waals surface area contributed by atoms with Crippen LogP contribution in [0.2, 0.25) is 0 Å². The van der Waals surface area contributed by atoms with E-state index in [4.69, 9.17) is 10.8 Å². The summed E-state index contributed by atoms with van der Waals surface area (Å²) in [6.07, 6.45) is 0.971. The molecule has 0 saturated carbocycles. The molecule has 3 rings (SSSR count). The van der Waals surface area contributed by atoms with E-state index in [0.29, 0.717) is 4.47 Å². The number of aliphatic hydroxyl groups is 1. The van der Waals surface area contributed by atoms with Crippen LogP contribution in [0.1, 0.15) is 32.5 Å². The van der Waals surface area contributed by atoms with Gasteiger partial charge in [0.15, 0.2) is 5.69 Å². The molecule has 3 aromatic rings. The molecule has 11 heteroatoms. The molecule has 0 aliphatic carbocycles. The summed E-state index contributed by atoms with van der Waals surface area (Å²) in [6, 6.07) is 6.34. The summed E-state index contributed by atoms with van der Waals surface area (Å²) in [4.78, 5) is 31.2. The molecular weight excluding hydrogens is 478 g/mol. The molecule has 1 aromatic heterocycles.